The Labute approximate surface area is 138 Å². The van der Waals surface area contributed by atoms with E-state index in [0.717, 1.165) is 5.56 Å². The first-order valence-electron chi connectivity index (χ1n) is 7.80. The van der Waals surface area contributed by atoms with E-state index < -0.39 is 6.10 Å². The number of halogens is 1. The summed E-state index contributed by atoms with van der Waals surface area (Å²) in [5.74, 6) is -0.555. The molecule has 3 heterocycles. The van der Waals surface area contributed by atoms with Crippen molar-refractivity contribution < 1.29 is 14.3 Å². The van der Waals surface area contributed by atoms with Gasteiger partial charge in [0.05, 0.1) is 12.1 Å². The lowest BCUT2D eigenvalue weighted by molar-refractivity contribution is 0.0710. The van der Waals surface area contributed by atoms with Crippen LogP contribution in [-0.4, -0.2) is 37.9 Å². The van der Waals surface area contributed by atoms with Crippen LogP contribution in [0, 0.1) is 5.82 Å². The van der Waals surface area contributed by atoms with Gasteiger partial charge in [-0.1, -0.05) is 18.2 Å². The quantitative estimate of drug-likeness (QED) is 0.787. The second-order valence-electron chi connectivity index (χ2n) is 6.01. The number of nitrogens with zero attached hydrogens (tertiary/aromatic N) is 3. The summed E-state index contributed by atoms with van der Waals surface area (Å²) in [6.07, 6.45) is 3.35. The van der Waals surface area contributed by atoms with Crippen LogP contribution in [0.5, 0.6) is 0 Å². The topological polar surface area (TPSA) is 57.8 Å². The summed E-state index contributed by atoms with van der Waals surface area (Å²) in [5, 5.41) is 10.0. The van der Waals surface area contributed by atoms with Crippen LogP contribution in [0.1, 0.15) is 28.5 Å². The van der Waals surface area contributed by atoms with Crippen molar-refractivity contribution in [3.05, 3.63) is 71.9 Å². The second kappa shape index (κ2) is 5.72. The van der Waals surface area contributed by atoms with Crippen LogP contribution in [0.4, 0.5) is 4.39 Å². The molecule has 2 aromatic heterocycles. The van der Waals surface area contributed by atoms with Gasteiger partial charge in [0.1, 0.15) is 17.2 Å². The minimum absolute atomic E-state index is 0.232. The number of amides is 1. The molecule has 1 saturated heterocycles. The number of aliphatic hydroxyl groups excluding tert-OH is 1. The summed E-state index contributed by atoms with van der Waals surface area (Å²) >= 11 is 0. The normalized spacial score (nSPS) is 20.7. The highest BCUT2D eigenvalue weighted by molar-refractivity contribution is 5.93. The molecule has 5 nitrogen and oxygen atoms in total. The van der Waals surface area contributed by atoms with Crippen LogP contribution >= 0.6 is 0 Å². The number of aromatic nitrogens is 2. The van der Waals surface area contributed by atoms with Gasteiger partial charge in [0.15, 0.2) is 0 Å². The molecule has 4 rings (SSSR count). The third-order valence-corrected chi connectivity index (χ3v) is 4.38. The number of aliphatic hydroxyl groups is 1. The number of fused-ring (bicyclic) bond motifs is 1. The molecule has 6 heteroatoms. The molecule has 24 heavy (non-hydrogen) atoms. The highest BCUT2D eigenvalue weighted by atomic mass is 19.1. The van der Waals surface area contributed by atoms with Crippen molar-refractivity contribution in [1.82, 2.24) is 14.3 Å². The first-order chi connectivity index (χ1) is 11.6. The van der Waals surface area contributed by atoms with Crippen LogP contribution in [-0.2, 0) is 0 Å². The average Bonchev–Trinajstić information content (AvgIpc) is 3.18. The molecule has 1 aliphatic rings. The highest BCUT2D eigenvalue weighted by Crippen LogP contribution is 2.33. The predicted molar refractivity (Wildman–Crippen MR) is 86.0 cm³/mol. The number of likely N-dealkylation sites (tertiary alicyclic amines) is 1. The van der Waals surface area contributed by atoms with Crippen molar-refractivity contribution in [2.45, 2.75) is 18.6 Å². The fraction of sp³-hybridized carbons (Fsp3) is 0.222. The summed E-state index contributed by atoms with van der Waals surface area (Å²) in [6.45, 7) is 0.245. The number of carbonyl (C=O) groups is 1. The Morgan fingerprint density at radius 2 is 2.00 bits per heavy atom. The minimum atomic E-state index is -0.596. The zero-order valence-corrected chi connectivity index (χ0v) is 12.8. The molecule has 0 spiro atoms. The molecular formula is C18H16FN3O2. The van der Waals surface area contributed by atoms with Gasteiger partial charge in [-0.25, -0.2) is 9.37 Å². The zero-order chi connectivity index (χ0) is 16.7. The molecular weight excluding hydrogens is 309 g/mol. The van der Waals surface area contributed by atoms with Gasteiger partial charge in [0.25, 0.3) is 5.91 Å². The summed E-state index contributed by atoms with van der Waals surface area (Å²) in [4.78, 5) is 18.8. The Bertz CT molecular complexity index is 858. The maximum atomic E-state index is 13.1. The Hall–Kier alpha value is -2.73. The van der Waals surface area contributed by atoms with E-state index in [0.29, 0.717) is 17.8 Å². The summed E-state index contributed by atoms with van der Waals surface area (Å²) in [5.41, 5.74) is 1.84. The smallest absolute Gasteiger partial charge is 0.274 e. The molecule has 1 amide bonds. The van der Waals surface area contributed by atoms with Crippen molar-refractivity contribution in [1.29, 1.82) is 0 Å². The fourth-order valence-corrected chi connectivity index (χ4v) is 3.22. The molecule has 1 N–H and O–H groups in total. The number of pyridine rings is 1. The van der Waals surface area contributed by atoms with Crippen molar-refractivity contribution in [3.8, 4) is 0 Å². The van der Waals surface area contributed by atoms with Gasteiger partial charge in [-0.3, -0.25) is 4.79 Å². The predicted octanol–water partition coefficient (Wildman–Crippen LogP) is 2.42. The van der Waals surface area contributed by atoms with Crippen LogP contribution < -0.4 is 0 Å². The van der Waals surface area contributed by atoms with Crippen LogP contribution in [0.25, 0.3) is 5.65 Å². The van der Waals surface area contributed by atoms with Gasteiger partial charge in [0, 0.05) is 18.9 Å². The third kappa shape index (κ3) is 2.55. The molecule has 122 valence electrons. The fourth-order valence-electron chi connectivity index (χ4n) is 3.22. The Kier molecular flexibility index (Phi) is 3.54. The lowest BCUT2D eigenvalue weighted by Crippen LogP contribution is -2.32. The van der Waals surface area contributed by atoms with Crippen LogP contribution in [0.3, 0.4) is 0 Å². The zero-order valence-electron chi connectivity index (χ0n) is 12.8. The van der Waals surface area contributed by atoms with Gasteiger partial charge >= 0.3 is 0 Å². The van der Waals surface area contributed by atoms with Gasteiger partial charge in [-0.05, 0) is 36.2 Å². The van der Waals surface area contributed by atoms with E-state index in [9.17, 15) is 14.3 Å². The average molecular weight is 325 g/mol. The van der Waals surface area contributed by atoms with Gasteiger partial charge < -0.3 is 14.4 Å². The van der Waals surface area contributed by atoms with Gasteiger partial charge in [0.2, 0.25) is 0 Å². The van der Waals surface area contributed by atoms with E-state index in [4.69, 9.17) is 0 Å². The monoisotopic (exact) mass is 325 g/mol. The number of benzene rings is 1. The molecule has 0 aliphatic carbocycles. The minimum Gasteiger partial charge on any atom is -0.391 e. The lowest BCUT2D eigenvalue weighted by atomic mass is 10.0. The van der Waals surface area contributed by atoms with Crippen LogP contribution in [0.2, 0.25) is 0 Å². The first-order valence-corrected chi connectivity index (χ1v) is 7.80. The number of β-amino-alcohol motifs (C(OH)–C–C–N with tert-alkyl or cyclic N) is 1. The van der Waals surface area contributed by atoms with Crippen molar-refractivity contribution >= 4 is 11.6 Å². The third-order valence-electron chi connectivity index (χ3n) is 4.38. The lowest BCUT2D eigenvalue weighted by Gasteiger charge is -2.24. The van der Waals surface area contributed by atoms with E-state index in [1.165, 1.54) is 12.1 Å². The maximum Gasteiger partial charge on any atom is 0.274 e. The Balaban J connectivity index is 1.67. The summed E-state index contributed by atoms with van der Waals surface area (Å²) < 4.78 is 14.9. The molecule has 0 bridgehead atoms. The summed E-state index contributed by atoms with van der Waals surface area (Å²) in [7, 11) is 0. The van der Waals surface area contributed by atoms with Gasteiger partial charge in [-0.15, -0.1) is 0 Å². The maximum absolute atomic E-state index is 13.1. The van der Waals surface area contributed by atoms with E-state index >= 15 is 0 Å². The van der Waals surface area contributed by atoms with Crippen molar-refractivity contribution in [3.63, 3.8) is 0 Å². The molecule has 0 saturated carbocycles. The number of carbonyl (C=O) groups excluding carboxylic acids is 1. The van der Waals surface area contributed by atoms with E-state index in [1.807, 2.05) is 24.4 Å². The Morgan fingerprint density at radius 3 is 2.75 bits per heavy atom. The first kappa shape index (κ1) is 14.8. The van der Waals surface area contributed by atoms with E-state index in [2.05, 4.69) is 4.98 Å². The van der Waals surface area contributed by atoms with Crippen molar-refractivity contribution in [2.75, 3.05) is 6.54 Å². The Morgan fingerprint density at radius 1 is 1.21 bits per heavy atom. The number of imidazole rings is 1. The van der Waals surface area contributed by atoms with Crippen molar-refractivity contribution in [2.24, 2.45) is 0 Å². The second-order valence-corrected chi connectivity index (χ2v) is 6.01. The highest BCUT2D eigenvalue weighted by Gasteiger charge is 2.36. The molecule has 1 fully saturated rings. The SMILES string of the molecule is O=C(c1cn2ccccc2n1)N1C[C@@H](O)C[C@H]1c1ccc(F)cc1. The van der Waals surface area contributed by atoms with E-state index in [1.54, 1.807) is 27.6 Å². The largest absolute Gasteiger partial charge is 0.391 e. The number of rotatable bonds is 2. The number of hydrogen-bond acceptors (Lipinski definition) is 3. The van der Waals surface area contributed by atoms with Gasteiger partial charge in [-0.2, -0.15) is 0 Å². The molecule has 3 aromatic rings. The van der Waals surface area contributed by atoms with Crippen LogP contribution in [0.15, 0.2) is 54.9 Å². The van der Waals surface area contributed by atoms with E-state index in [-0.39, 0.29) is 24.3 Å². The molecule has 0 unspecified atom stereocenters. The molecule has 0 radical (unpaired) electrons. The summed E-state index contributed by atoms with van der Waals surface area (Å²) in [6, 6.07) is 11.3. The molecule has 1 aliphatic heterocycles. The molecule has 2 atom stereocenters. The standard InChI is InChI=1S/C18H16FN3O2/c19-13-6-4-12(5-7-13)16-9-14(23)10-22(16)18(24)15-11-21-8-2-1-3-17(21)20-15/h1-8,11,14,16,23H,9-10H2/t14-,16-/m0/s1. The molecule has 1 aromatic carbocycles. The number of hydrogen-bond donors (Lipinski definition) is 1.